The van der Waals surface area contributed by atoms with Gasteiger partial charge in [0.05, 0.1) is 12.1 Å². The molecule has 0 aliphatic heterocycles. The van der Waals surface area contributed by atoms with E-state index >= 15 is 0 Å². The minimum absolute atomic E-state index is 0.00219. The van der Waals surface area contributed by atoms with Gasteiger partial charge in [-0.3, -0.25) is 4.79 Å². The van der Waals surface area contributed by atoms with Gasteiger partial charge in [-0.15, -0.1) is 10.2 Å². The standard InChI is InChI=1S/C19H16ClN3O2/c20-15-7-3-1-5-13(15)11-23-16-8-4-2-6-14(16)17(19(23)25)21-22-18(24)12-9-10-12/h1-8,12,25H,9-11H2. The molecule has 5 nitrogen and oxygen atoms in total. The van der Waals surface area contributed by atoms with E-state index in [4.69, 9.17) is 11.6 Å². The summed E-state index contributed by atoms with van der Waals surface area (Å²) < 4.78 is 1.73. The fraction of sp³-hybridized carbons (Fsp3) is 0.211. The number of aromatic nitrogens is 1. The molecular weight excluding hydrogens is 338 g/mol. The number of carbonyl (C=O) groups excluding carboxylic acids is 1. The summed E-state index contributed by atoms with van der Waals surface area (Å²) >= 11 is 6.25. The van der Waals surface area contributed by atoms with Crippen LogP contribution in [-0.2, 0) is 11.3 Å². The third-order valence-corrected chi connectivity index (χ3v) is 4.75. The lowest BCUT2D eigenvalue weighted by Gasteiger charge is -2.08. The summed E-state index contributed by atoms with van der Waals surface area (Å²) in [7, 11) is 0. The van der Waals surface area contributed by atoms with E-state index in [-0.39, 0.29) is 17.7 Å². The van der Waals surface area contributed by atoms with Crippen molar-refractivity contribution in [3.05, 3.63) is 59.1 Å². The van der Waals surface area contributed by atoms with Gasteiger partial charge in [0.25, 0.3) is 5.91 Å². The van der Waals surface area contributed by atoms with Crippen LogP contribution >= 0.6 is 11.6 Å². The van der Waals surface area contributed by atoms with Crippen LogP contribution in [0.25, 0.3) is 10.9 Å². The number of amides is 1. The molecule has 0 unspecified atom stereocenters. The van der Waals surface area contributed by atoms with Gasteiger partial charge < -0.3 is 9.67 Å². The maximum Gasteiger partial charge on any atom is 0.267 e. The number of fused-ring (bicyclic) bond motifs is 1. The molecule has 1 saturated carbocycles. The van der Waals surface area contributed by atoms with Crippen molar-refractivity contribution >= 4 is 34.1 Å². The van der Waals surface area contributed by atoms with Crippen LogP contribution in [0.3, 0.4) is 0 Å². The molecule has 1 aromatic heterocycles. The molecule has 1 heterocycles. The summed E-state index contributed by atoms with van der Waals surface area (Å²) in [5.74, 6) is -0.238. The summed E-state index contributed by atoms with van der Waals surface area (Å²) in [4.78, 5) is 11.8. The van der Waals surface area contributed by atoms with Crippen molar-refractivity contribution in [1.82, 2.24) is 4.57 Å². The highest BCUT2D eigenvalue weighted by Gasteiger charge is 2.30. The molecule has 2 aromatic carbocycles. The second-order valence-corrected chi connectivity index (χ2v) is 6.59. The predicted molar refractivity (Wildman–Crippen MR) is 96.4 cm³/mol. The highest BCUT2D eigenvalue weighted by molar-refractivity contribution is 6.31. The zero-order valence-electron chi connectivity index (χ0n) is 13.4. The number of rotatable bonds is 4. The van der Waals surface area contributed by atoms with Crippen molar-refractivity contribution in [1.29, 1.82) is 0 Å². The number of aromatic hydroxyl groups is 1. The Morgan fingerprint density at radius 2 is 1.88 bits per heavy atom. The first-order valence-electron chi connectivity index (χ1n) is 8.14. The van der Waals surface area contributed by atoms with Gasteiger partial charge in [0.1, 0.15) is 0 Å². The SMILES string of the molecule is O=C(N=Nc1c(O)n(Cc2ccccc2Cl)c2ccccc12)C1CC1. The Bertz CT molecular complexity index is 989. The number of nitrogens with zero attached hydrogens (tertiary/aromatic N) is 3. The van der Waals surface area contributed by atoms with Crippen LogP contribution in [0.1, 0.15) is 18.4 Å². The number of hydrogen-bond acceptors (Lipinski definition) is 3. The second kappa shape index (κ2) is 6.33. The van der Waals surface area contributed by atoms with Crippen molar-refractivity contribution in [3.8, 4) is 5.88 Å². The molecule has 0 atom stereocenters. The molecule has 1 fully saturated rings. The monoisotopic (exact) mass is 353 g/mol. The van der Waals surface area contributed by atoms with E-state index in [1.54, 1.807) is 4.57 Å². The molecule has 1 N–H and O–H groups in total. The quantitative estimate of drug-likeness (QED) is 0.665. The predicted octanol–water partition coefficient (Wildman–Crippen LogP) is 5.07. The summed E-state index contributed by atoms with van der Waals surface area (Å²) in [6, 6.07) is 15.0. The highest BCUT2D eigenvalue weighted by Crippen LogP contribution is 2.40. The fourth-order valence-corrected chi connectivity index (χ4v) is 3.03. The van der Waals surface area contributed by atoms with Crippen molar-refractivity contribution < 1.29 is 9.90 Å². The number of hydrogen-bond donors (Lipinski definition) is 1. The molecule has 4 rings (SSSR count). The number of benzene rings is 2. The summed E-state index contributed by atoms with van der Waals surface area (Å²) in [5.41, 5.74) is 2.02. The maximum absolute atomic E-state index is 11.8. The van der Waals surface area contributed by atoms with Crippen LogP contribution < -0.4 is 0 Å². The van der Waals surface area contributed by atoms with E-state index < -0.39 is 0 Å². The molecule has 0 saturated heterocycles. The zero-order chi connectivity index (χ0) is 17.4. The summed E-state index contributed by atoms with van der Waals surface area (Å²) in [6.45, 7) is 0.401. The molecule has 0 radical (unpaired) electrons. The van der Waals surface area contributed by atoms with Crippen molar-refractivity contribution in [3.63, 3.8) is 0 Å². The smallest absolute Gasteiger partial charge is 0.267 e. The molecule has 1 aliphatic rings. The average Bonchev–Trinajstić information content (AvgIpc) is 3.43. The normalized spacial score (nSPS) is 14.4. The van der Waals surface area contributed by atoms with E-state index in [1.807, 2.05) is 48.5 Å². The minimum atomic E-state index is -0.220. The number of halogens is 1. The lowest BCUT2D eigenvalue weighted by atomic mass is 10.2. The zero-order valence-corrected chi connectivity index (χ0v) is 14.1. The Balaban J connectivity index is 1.78. The van der Waals surface area contributed by atoms with Crippen LogP contribution in [0.15, 0.2) is 58.8 Å². The van der Waals surface area contributed by atoms with Crippen molar-refractivity contribution in [2.75, 3.05) is 0 Å². The minimum Gasteiger partial charge on any atom is -0.493 e. The maximum atomic E-state index is 11.8. The first-order valence-corrected chi connectivity index (χ1v) is 8.52. The van der Waals surface area contributed by atoms with Gasteiger partial charge >= 0.3 is 0 Å². The lowest BCUT2D eigenvalue weighted by Crippen LogP contribution is -1.99. The first-order chi connectivity index (χ1) is 12.1. The molecule has 3 aromatic rings. The Hall–Kier alpha value is -2.66. The van der Waals surface area contributed by atoms with E-state index in [1.165, 1.54) is 0 Å². The molecule has 25 heavy (non-hydrogen) atoms. The summed E-state index contributed by atoms with van der Waals surface area (Å²) in [5, 5.41) is 19.9. The van der Waals surface area contributed by atoms with Crippen molar-refractivity contribution in [2.24, 2.45) is 16.1 Å². The van der Waals surface area contributed by atoms with Crippen LogP contribution in [0.5, 0.6) is 5.88 Å². The second-order valence-electron chi connectivity index (χ2n) is 6.18. The van der Waals surface area contributed by atoms with E-state index in [0.717, 1.165) is 29.3 Å². The molecule has 126 valence electrons. The Morgan fingerprint density at radius 3 is 2.64 bits per heavy atom. The Morgan fingerprint density at radius 1 is 1.16 bits per heavy atom. The van der Waals surface area contributed by atoms with Crippen LogP contribution in [0, 0.1) is 5.92 Å². The van der Waals surface area contributed by atoms with Gasteiger partial charge in [-0.05, 0) is 30.5 Å². The number of para-hydroxylation sites is 1. The molecule has 1 aliphatic carbocycles. The largest absolute Gasteiger partial charge is 0.493 e. The Kier molecular flexibility index (Phi) is 4.01. The van der Waals surface area contributed by atoms with Crippen LogP contribution in [-0.4, -0.2) is 15.6 Å². The van der Waals surface area contributed by atoms with Crippen molar-refractivity contribution in [2.45, 2.75) is 19.4 Å². The van der Waals surface area contributed by atoms with Gasteiger partial charge in [-0.2, -0.15) is 0 Å². The first kappa shape index (κ1) is 15.8. The van der Waals surface area contributed by atoms with Crippen LogP contribution in [0.4, 0.5) is 5.69 Å². The molecule has 0 spiro atoms. The Labute approximate surface area is 149 Å². The summed E-state index contributed by atoms with van der Waals surface area (Å²) in [6.07, 6.45) is 1.75. The lowest BCUT2D eigenvalue weighted by molar-refractivity contribution is -0.119. The number of azo groups is 1. The third kappa shape index (κ3) is 3.03. The molecule has 6 heteroatoms. The molecular formula is C19H16ClN3O2. The van der Waals surface area contributed by atoms with Gasteiger partial charge in [-0.1, -0.05) is 48.0 Å². The fourth-order valence-electron chi connectivity index (χ4n) is 2.84. The van der Waals surface area contributed by atoms with Gasteiger partial charge in [0.2, 0.25) is 5.88 Å². The topological polar surface area (TPSA) is 66.9 Å². The number of carbonyl (C=O) groups is 1. The third-order valence-electron chi connectivity index (χ3n) is 4.38. The highest BCUT2D eigenvalue weighted by atomic mass is 35.5. The van der Waals surface area contributed by atoms with Gasteiger partial charge in [0, 0.05) is 16.3 Å². The molecule has 0 bridgehead atoms. The molecule has 1 amide bonds. The van der Waals surface area contributed by atoms with Gasteiger partial charge in [0.15, 0.2) is 5.69 Å². The van der Waals surface area contributed by atoms with E-state index in [0.29, 0.717) is 17.3 Å². The van der Waals surface area contributed by atoms with Gasteiger partial charge in [-0.25, -0.2) is 0 Å². The van der Waals surface area contributed by atoms with Crippen LogP contribution in [0.2, 0.25) is 5.02 Å². The van der Waals surface area contributed by atoms with E-state index in [9.17, 15) is 9.90 Å². The average molecular weight is 354 g/mol. The van der Waals surface area contributed by atoms with E-state index in [2.05, 4.69) is 10.2 Å².